The number of nitrogens with zero attached hydrogens (tertiary/aromatic N) is 5. The van der Waals surface area contributed by atoms with Crippen LogP contribution in [0.1, 0.15) is 23.7 Å². The molecule has 1 unspecified atom stereocenters. The molecule has 2 aromatic carbocycles. The number of halogens is 1. The van der Waals surface area contributed by atoms with Crippen LogP contribution in [0.2, 0.25) is 0 Å². The van der Waals surface area contributed by atoms with Crippen LogP contribution in [0, 0.1) is 6.92 Å². The second-order valence-corrected chi connectivity index (χ2v) is 8.27. The molecule has 6 nitrogen and oxygen atoms in total. The average Bonchev–Trinajstić information content (AvgIpc) is 3.27. The van der Waals surface area contributed by atoms with Gasteiger partial charge in [-0.1, -0.05) is 29.5 Å². The molecule has 1 aliphatic heterocycles. The average molecular weight is 449 g/mol. The number of benzene rings is 2. The third kappa shape index (κ3) is 3.25. The smallest absolute Gasteiger partial charge is 0.0918 e. The van der Waals surface area contributed by atoms with Gasteiger partial charge in [-0.3, -0.25) is 4.68 Å². The molecule has 0 spiro atoms. The van der Waals surface area contributed by atoms with Crippen molar-refractivity contribution < 1.29 is 0 Å². The Kier molecular flexibility index (Phi) is 4.47. The number of anilines is 1. The molecule has 0 bridgehead atoms. The van der Waals surface area contributed by atoms with E-state index in [0.717, 1.165) is 45.6 Å². The summed E-state index contributed by atoms with van der Waals surface area (Å²) in [5.41, 5.74) is 7.87. The highest BCUT2D eigenvalue weighted by Crippen LogP contribution is 2.39. The van der Waals surface area contributed by atoms with Gasteiger partial charge in [-0.15, -0.1) is 5.10 Å². The monoisotopic (exact) mass is 448 g/mol. The Labute approximate surface area is 177 Å². The largest absolute Gasteiger partial charge is 0.377 e. The molecule has 2 aromatic heterocycles. The molecule has 0 fully saturated rings. The number of aromatic nitrogens is 5. The Balaban J connectivity index is 1.65. The van der Waals surface area contributed by atoms with E-state index in [1.807, 2.05) is 41.8 Å². The van der Waals surface area contributed by atoms with Crippen molar-refractivity contribution >= 4 is 21.6 Å². The minimum absolute atomic E-state index is 0.154. The highest BCUT2D eigenvalue weighted by molar-refractivity contribution is 9.10. The van der Waals surface area contributed by atoms with Crippen molar-refractivity contribution in [3.8, 4) is 22.4 Å². The zero-order valence-electron chi connectivity index (χ0n) is 16.3. The van der Waals surface area contributed by atoms with Crippen molar-refractivity contribution in [1.82, 2.24) is 24.8 Å². The second-order valence-electron chi connectivity index (χ2n) is 7.42. The maximum absolute atomic E-state index is 4.37. The molecule has 4 aromatic rings. The van der Waals surface area contributed by atoms with Gasteiger partial charge in [0.2, 0.25) is 0 Å². The van der Waals surface area contributed by atoms with Crippen LogP contribution >= 0.6 is 15.9 Å². The van der Waals surface area contributed by atoms with E-state index in [9.17, 15) is 0 Å². The summed E-state index contributed by atoms with van der Waals surface area (Å²) in [6.45, 7) is 2.84. The number of hydrogen-bond acceptors (Lipinski definition) is 4. The van der Waals surface area contributed by atoms with Crippen molar-refractivity contribution in [2.24, 2.45) is 7.05 Å². The van der Waals surface area contributed by atoms with Gasteiger partial charge in [-0.05, 0) is 58.6 Å². The van der Waals surface area contributed by atoms with Crippen LogP contribution in [-0.2, 0) is 13.6 Å². The Morgan fingerprint density at radius 2 is 2.00 bits per heavy atom. The summed E-state index contributed by atoms with van der Waals surface area (Å²) in [6, 6.07) is 15.0. The predicted molar refractivity (Wildman–Crippen MR) is 118 cm³/mol. The van der Waals surface area contributed by atoms with Crippen molar-refractivity contribution in [1.29, 1.82) is 0 Å². The first-order valence-electron chi connectivity index (χ1n) is 9.64. The van der Waals surface area contributed by atoms with Gasteiger partial charge in [0.15, 0.2) is 0 Å². The molecule has 0 aliphatic carbocycles. The summed E-state index contributed by atoms with van der Waals surface area (Å²) in [7, 11) is 1.94. The minimum Gasteiger partial charge on any atom is -0.377 e. The van der Waals surface area contributed by atoms with Gasteiger partial charge in [0.1, 0.15) is 0 Å². The topological polar surface area (TPSA) is 60.6 Å². The quantitative estimate of drug-likeness (QED) is 0.480. The Hall–Kier alpha value is -2.93. The van der Waals surface area contributed by atoms with Crippen LogP contribution < -0.4 is 5.32 Å². The van der Waals surface area contributed by atoms with Crippen LogP contribution in [0.5, 0.6) is 0 Å². The lowest BCUT2D eigenvalue weighted by molar-refractivity contribution is 0.539. The highest BCUT2D eigenvalue weighted by atomic mass is 79.9. The normalized spacial score (nSPS) is 15.5. The third-order valence-electron chi connectivity index (χ3n) is 5.46. The Morgan fingerprint density at radius 3 is 2.79 bits per heavy atom. The molecule has 0 amide bonds. The summed E-state index contributed by atoms with van der Waals surface area (Å²) < 4.78 is 4.92. The van der Waals surface area contributed by atoms with E-state index in [0.29, 0.717) is 0 Å². The lowest BCUT2D eigenvalue weighted by Gasteiger charge is -2.22. The van der Waals surface area contributed by atoms with Gasteiger partial charge < -0.3 is 5.32 Å². The van der Waals surface area contributed by atoms with Gasteiger partial charge in [0, 0.05) is 41.1 Å². The SMILES string of the molecule is Cc1nnn2c1-c1ccc(-c3cnn(C)c3)cc1C(Nc1ccccc1Br)CC2. The number of fused-ring (bicyclic) bond motifs is 3. The van der Waals surface area contributed by atoms with Crippen molar-refractivity contribution in [2.45, 2.75) is 25.9 Å². The van der Waals surface area contributed by atoms with E-state index in [4.69, 9.17) is 0 Å². The van der Waals surface area contributed by atoms with E-state index in [2.05, 4.69) is 73.1 Å². The van der Waals surface area contributed by atoms with Crippen LogP contribution in [-0.4, -0.2) is 24.8 Å². The number of para-hydroxylation sites is 1. The predicted octanol–water partition coefficient (Wildman–Crippen LogP) is 4.97. The van der Waals surface area contributed by atoms with Gasteiger partial charge in [0.25, 0.3) is 0 Å². The molecule has 3 heterocycles. The van der Waals surface area contributed by atoms with Gasteiger partial charge >= 0.3 is 0 Å². The van der Waals surface area contributed by atoms with Crippen LogP contribution in [0.3, 0.4) is 0 Å². The first-order chi connectivity index (χ1) is 14.1. The summed E-state index contributed by atoms with van der Waals surface area (Å²) in [6.07, 6.45) is 4.87. The molecule has 1 atom stereocenters. The third-order valence-corrected chi connectivity index (χ3v) is 6.15. The fourth-order valence-electron chi connectivity index (χ4n) is 4.03. The minimum atomic E-state index is 0.154. The van der Waals surface area contributed by atoms with E-state index in [-0.39, 0.29) is 6.04 Å². The van der Waals surface area contributed by atoms with E-state index < -0.39 is 0 Å². The second kappa shape index (κ2) is 7.15. The summed E-state index contributed by atoms with van der Waals surface area (Å²) in [5, 5.41) is 16.8. The molecular formula is C22H21BrN6. The summed E-state index contributed by atoms with van der Waals surface area (Å²) >= 11 is 3.67. The van der Waals surface area contributed by atoms with Crippen LogP contribution in [0.25, 0.3) is 22.4 Å². The number of rotatable bonds is 3. The number of hydrogen-bond donors (Lipinski definition) is 1. The Bertz CT molecular complexity index is 1190. The van der Waals surface area contributed by atoms with Gasteiger partial charge in [-0.2, -0.15) is 5.10 Å². The van der Waals surface area contributed by atoms with E-state index in [1.165, 1.54) is 11.1 Å². The first kappa shape index (κ1) is 18.1. The highest BCUT2D eigenvalue weighted by Gasteiger charge is 2.26. The van der Waals surface area contributed by atoms with Gasteiger partial charge in [-0.25, -0.2) is 4.68 Å². The number of nitrogens with one attached hydrogen (secondary N) is 1. The van der Waals surface area contributed by atoms with E-state index >= 15 is 0 Å². The molecule has 5 rings (SSSR count). The lowest BCUT2D eigenvalue weighted by Crippen LogP contribution is -2.13. The fraction of sp³-hybridized carbons (Fsp3) is 0.227. The summed E-state index contributed by atoms with van der Waals surface area (Å²) in [5.74, 6) is 0. The molecule has 7 heteroatoms. The Morgan fingerprint density at radius 1 is 1.14 bits per heavy atom. The molecule has 0 saturated heterocycles. The maximum Gasteiger partial charge on any atom is 0.0918 e. The zero-order chi connectivity index (χ0) is 20.0. The lowest BCUT2D eigenvalue weighted by atomic mass is 9.93. The number of aryl methyl sites for hydroxylation is 3. The fourth-order valence-corrected chi connectivity index (χ4v) is 4.43. The molecule has 1 aliphatic rings. The zero-order valence-corrected chi connectivity index (χ0v) is 17.9. The van der Waals surface area contributed by atoms with E-state index in [1.54, 1.807) is 0 Å². The van der Waals surface area contributed by atoms with Crippen molar-refractivity contribution in [3.63, 3.8) is 0 Å². The summed E-state index contributed by atoms with van der Waals surface area (Å²) in [4.78, 5) is 0. The molecule has 1 N–H and O–H groups in total. The standard InChI is InChI=1S/C22H21BrN6/c1-14-22-17-8-7-15(16-12-24-28(2)13-16)11-18(17)20(9-10-29(22)27-26-14)25-21-6-4-3-5-19(21)23/h3-8,11-13,20,25H,9-10H2,1-2H3. The van der Waals surface area contributed by atoms with Gasteiger partial charge in [0.05, 0.1) is 23.6 Å². The van der Waals surface area contributed by atoms with Crippen molar-refractivity contribution in [3.05, 3.63) is 70.6 Å². The van der Waals surface area contributed by atoms with Crippen LogP contribution in [0.4, 0.5) is 5.69 Å². The molecule has 29 heavy (non-hydrogen) atoms. The molecule has 0 saturated carbocycles. The first-order valence-corrected chi connectivity index (χ1v) is 10.4. The molecule has 0 radical (unpaired) electrons. The molecular weight excluding hydrogens is 428 g/mol. The van der Waals surface area contributed by atoms with Crippen molar-refractivity contribution in [2.75, 3.05) is 5.32 Å². The molecule has 146 valence electrons. The van der Waals surface area contributed by atoms with Crippen LogP contribution in [0.15, 0.2) is 59.3 Å². The maximum atomic E-state index is 4.37.